The summed E-state index contributed by atoms with van der Waals surface area (Å²) in [6.45, 7) is 7.19. The number of allylic oxidation sites excluding steroid dienone is 2. The first kappa shape index (κ1) is 15.8. The van der Waals surface area contributed by atoms with Gasteiger partial charge >= 0.3 is 9.28 Å². The zero-order valence-corrected chi connectivity index (χ0v) is 13.6. The number of rotatable bonds is 8. The summed E-state index contributed by atoms with van der Waals surface area (Å²) in [6.07, 6.45) is 11.7. The molecule has 0 aromatic rings. The van der Waals surface area contributed by atoms with Crippen LogP contribution in [-0.4, -0.2) is 15.9 Å². The molecule has 0 aromatic heterocycles. The van der Waals surface area contributed by atoms with Crippen molar-refractivity contribution < 1.29 is 8.85 Å². The fraction of sp³-hybridized carbons (Fsp3) is 0.867. The van der Waals surface area contributed by atoms with Gasteiger partial charge in [-0.25, -0.2) is 0 Å². The number of unbranched alkanes of at least 4 members (excludes halogenated alkanes) is 1. The standard InChI is InChI=1S/C15H30O2Si/c1-4-6-12-18(16-5-2)17-14(3)13-15-10-8-7-9-11-15/h13,15,18H,4-12H2,1-3H3. The fourth-order valence-electron chi connectivity index (χ4n) is 2.61. The minimum Gasteiger partial charge on any atom is -0.526 e. The molecule has 1 rings (SSSR count). The second kappa shape index (κ2) is 9.62. The van der Waals surface area contributed by atoms with Gasteiger partial charge < -0.3 is 8.85 Å². The molecule has 1 aliphatic carbocycles. The zero-order valence-electron chi connectivity index (χ0n) is 12.4. The smallest absolute Gasteiger partial charge is 0.382 e. The maximum atomic E-state index is 6.07. The van der Waals surface area contributed by atoms with Crippen LogP contribution in [0.25, 0.3) is 0 Å². The van der Waals surface area contributed by atoms with E-state index in [1.165, 1.54) is 44.9 Å². The van der Waals surface area contributed by atoms with Crippen molar-refractivity contribution in [3.63, 3.8) is 0 Å². The predicted molar refractivity (Wildman–Crippen MR) is 79.9 cm³/mol. The first-order chi connectivity index (χ1) is 8.76. The molecule has 0 spiro atoms. The van der Waals surface area contributed by atoms with Crippen LogP contribution in [0.3, 0.4) is 0 Å². The van der Waals surface area contributed by atoms with E-state index in [0.29, 0.717) is 0 Å². The van der Waals surface area contributed by atoms with Crippen molar-refractivity contribution in [3.05, 3.63) is 11.8 Å². The lowest BCUT2D eigenvalue weighted by atomic mass is 9.89. The number of hydrogen-bond acceptors (Lipinski definition) is 2. The maximum Gasteiger partial charge on any atom is 0.382 e. The average molecular weight is 270 g/mol. The highest BCUT2D eigenvalue weighted by atomic mass is 28.3. The van der Waals surface area contributed by atoms with Crippen LogP contribution < -0.4 is 0 Å². The van der Waals surface area contributed by atoms with Crippen LogP contribution in [0.1, 0.15) is 65.7 Å². The van der Waals surface area contributed by atoms with Gasteiger partial charge in [-0.3, -0.25) is 0 Å². The van der Waals surface area contributed by atoms with Gasteiger partial charge in [0, 0.05) is 6.61 Å². The average Bonchev–Trinajstić information content (AvgIpc) is 2.37. The molecule has 0 heterocycles. The van der Waals surface area contributed by atoms with Crippen molar-refractivity contribution in [1.82, 2.24) is 0 Å². The van der Waals surface area contributed by atoms with Gasteiger partial charge in [0.1, 0.15) is 0 Å². The van der Waals surface area contributed by atoms with Gasteiger partial charge in [0.25, 0.3) is 0 Å². The Bertz CT molecular complexity index is 235. The molecule has 0 aromatic carbocycles. The minimum atomic E-state index is -1.45. The van der Waals surface area contributed by atoms with Crippen LogP contribution in [0.15, 0.2) is 11.8 Å². The van der Waals surface area contributed by atoms with Gasteiger partial charge in [-0.1, -0.05) is 39.0 Å². The first-order valence-corrected chi connectivity index (χ1v) is 9.48. The molecule has 0 radical (unpaired) electrons. The third-order valence-electron chi connectivity index (χ3n) is 3.58. The highest BCUT2D eigenvalue weighted by Crippen LogP contribution is 2.26. The molecule has 0 amide bonds. The second-order valence-corrected chi connectivity index (χ2v) is 7.33. The van der Waals surface area contributed by atoms with Gasteiger partial charge in [-0.2, -0.15) is 0 Å². The van der Waals surface area contributed by atoms with Crippen LogP contribution in [-0.2, 0) is 8.85 Å². The summed E-state index contributed by atoms with van der Waals surface area (Å²) in [5.74, 6) is 1.87. The van der Waals surface area contributed by atoms with Crippen molar-refractivity contribution >= 4 is 9.28 Å². The Hall–Kier alpha value is -0.283. The highest BCUT2D eigenvalue weighted by Gasteiger charge is 2.16. The molecule has 1 saturated carbocycles. The van der Waals surface area contributed by atoms with Gasteiger partial charge in [0.15, 0.2) is 0 Å². The zero-order chi connectivity index (χ0) is 13.2. The quantitative estimate of drug-likeness (QED) is 0.476. The van der Waals surface area contributed by atoms with Crippen molar-refractivity contribution in [2.45, 2.75) is 71.8 Å². The van der Waals surface area contributed by atoms with Gasteiger partial charge in [-0.15, -0.1) is 0 Å². The largest absolute Gasteiger partial charge is 0.526 e. The van der Waals surface area contributed by atoms with Crippen LogP contribution in [0.5, 0.6) is 0 Å². The molecule has 1 fully saturated rings. The molecule has 0 aliphatic heterocycles. The van der Waals surface area contributed by atoms with Crippen LogP contribution in [0.2, 0.25) is 6.04 Å². The first-order valence-electron chi connectivity index (χ1n) is 7.73. The normalized spacial score (nSPS) is 19.8. The molecule has 18 heavy (non-hydrogen) atoms. The Morgan fingerprint density at radius 1 is 1.22 bits per heavy atom. The Morgan fingerprint density at radius 2 is 1.94 bits per heavy atom. The molecule has 1 unspecified atom stereocenters. The van der Waals surface area contributed by atoms with Crippen LogP contribution in [0, 0.1) is 5.92 Å². The minimum absolute atomic E-state index is 0.751. The van der Waals surface area contributed by atoms with E-state index in [2.05, 4.69) is 26.8 Å². The molecule has 1 atom stereocenters. The molecule has 0 bridgehead atoms. The predicted octanol–water partition coefficient (Wildman–Crippen LogP) is 4.54. The molecule has 106 valence electrons. The molecule has 0 saturated heterocycles. The molecule has 2 nitrogen and oxygen atoms in total. The molecule has 1 aliphatic rings. The van der Waals surface area contributed by atoms with E-state index in [0.717, 1.165) is 24.3 Å². The van der Waals surface area contributed by atoms with Crippen molar-refractivity contribution in [1.29, 1.82) is 0 Å². The summed E-state index contributed by atoms with van der Waals surface area (Å²) in [6, 6.07) is 1.14. The van der Waals surface area contributed by atoms with E-state index in [-0.39, 0.29) is 0 Å². The van der Waals surface area contributed by atoms with Gasteiger partial charge in [0.2, 0.25) is 0 Å². The monoisotopic (exact) mass is 270 g/mol. The van der Waals surface area contributed by atoms with E-state index in [1.807, 2.05) is 0 Å². The van der Waals surface area contributed by atoms with Gasteiger partial charge in [-0.05, 0) is 44.7 Å². The Morgan fingerprint density at radius 3 is 2.56 bits per heavy atom. The Labute approximate surface area is 115 Å². The summed E-state index contributed by atoms with van der Waals surface area (Å²) in [5.41, 5.74) is 0. The van der Waals surface area contributed by atoms with E-state index >= 15 is 0 Å². The lowest BCUT2D eigenvalue weighted by molar-refractivity contribution is 0.244. The molecule has 3 heteroatoms. The van der Waals surface area contributed by atoms with Crippen molar-refractivity contribution in [2.24, 2.45) is 5.92 Å². The van der Waals surface area contributed by atoms with E-state index in [1.54, 1.807) is 0 Å². The molecular weight excluding hydrogens is 240 g/mol. The number of hydrogen-bond donors (Lipinski definition) is 0. The molecular formula is C15H30O2Si. The summed E-state index contributed by atoms with van der Waals surface area (Å²) in [4.78, 5) is 0. The van der Waals surface area contributed by atoms with Crippen molar-refractivity contribution in [3.8, 4) is 0 Å². The Kier molecular flexibility index (Phi) is 8.43. The van der Waals surface area contributed by atoms with Crippen molar-refractivity contribution in [2.75, 3.05) is 6.61 Å². The summed E-state index contributed by atoms with van der Waals surface area (Å²) < 4.78 is 11.9. The lowest BCUT2D eigenvalue weighted by Gasteiger charge is -2.21. The maximum absolute atomic E-state index is 6.07. The van der Waals surface area contributed by atoms with E-state index in [4.69, 9.17) is 8.85 Å². The third kappa shape index (κ3) is 6.60. The molecule has 0 N–H and O–H groups in total. The summed E-state index contributed by atoms with van der Waals surface area (Å²) >= 11 is 0. The topological polar surface area (TPSA) is 18.5 Å². The van der Waals surface area contributed by atoms with Gasteiger partial charge in [0.05, 0.1) is 5.76 Å². The summed E-state index contributed by atoms with van der Waals surface area (Å²) in [7, 11) is -1.45. The fourth-order valence-corrected chi connectivity index (χ4v) is 4.57. The SMILES string of the molecule is CCCC[SiH](OCC)OC(C)=CC1CCCCC1. The third-order valence-corrected chi connectivity index (χ3v) is 5.80. The van der Waals surface area contributed by atoms with E-state index in [9.17, 15) is 0 Å². The van der Waals surface area contributed by atoms with Crippen LogP contribution >= 0.6 is 0 Å². The van der Waals surface area contributed by atoms with E-state index < -0.39 is 9.28 Å². The highest BCUT2D eigenvalue weighted by molar-refractivity contribution is 6.44. The van der Waals surface area contributed by atoms with Crippen LogP contribution in [0.4, 0.5) is 0 Å². The summed E-state index contributed by atoms with van der Waals surface area (Å²) in [5, 5.41) is 0. The second-order valence-electron chi connectivity index (χ2n) is 5.32. The lowest BCUT2D eigenvalue weighted by Crippen LogP contribution is -2.22. The Balaban J connectivity index is 2.37.